The van der Waals surface area contributed by atoms with Crippen LogP contribution < -0.4 is 11.2 Å². The first-order valence-corrected chi connectivity index (χ1v) is 2.71. The Kier molecular flexibility index (Phi) is 1.84. The third kappa shape index (κ3) is 1.34. The molecule has 6 heteroatoms. The Bertz CT molecular complexity index is 326. The summed E-state index contributed by atoms with van der Waals surface area (Å²) in [4.78, 5) is 23.0. The zero-order valence-corrected chi connectivity index (χ0v) is 5.25. The van der Waals surface area contributed by atoms with Gasteiger partial charge >= 0.3 is 12.2 Å². The number of H-pyrrole nitrogens is 1. The van der Waals surface area contributed by atoms with E-state index in [9.17, 15) is 18.4 Å². The average Bonchev–Trinajstić information content (AvgIpc) is 1.85. The normalized spacial score (nSPS) is 10.5. The summed E-state index contributed by atoms with van der Waals surface area (Å²) < 4.78 is 23.5. The molecule has 0 bridgehead atoms. The topological polar surface area (TPSA) is 54.9 Å². The Morgan fingerprint density at radius 1 is 1.45 bits per heavy atom. The van der Waals surface area contributed by atoms with Crippen molar-refractivity contribution in [2.45, 2.75) is 6.55 Å². The number of hydrogen-bond donors (Lipinski definition) is 1. The molecule has 11 heavy (non-hydrogen) atoms. The molecule has 0 aliphatic carbocycles. The van der Waals surface area contributed by atoms with Gasteiger partial charge in [0.15, 0.2) is 0 Å². The summed E-state index contributed by atoms with van der Waals surface area (Å²) in [6.45, 7) is -3.09. The summed E-state index contributed by atoms with van der Waals surface area (Å²) in [5.74, 6) is 0. The number of halogens is 2. The van der Waals surface area contributed by atoms with Gasteiger partial charge in [-0.1, -0.05) is 0 Å². The van der Waals surface area contributed by atoms with Gasteiger partial charge < -0.3 is 4.98 Å². The van der Waals surface area contributed by atoms with Gasteiger partial charge in [0.25, 0.3) is 5.56 Å². The van der Waals surface area contributed by atoms with Crippen LogP contribution in [0.3, 0.4) is 0 Å². The lowest BCUT2D eigenvalue weighted by Gasteiger charge is -1.98. The van der Waals surface area contributed by atoms with E-state index in [4.69, 9.17) is 0 Å². The molecule has 0 radical (unpaired) electrons. The van der Waals surface area contributed by atoms with Crippen LogP contribution in [0.5, 0.6) is 0 Å². The summed E-state index contributed by atoms with van der Waals surface area (Å²) >= 11 is 0. The monoisotopic (exact) mass is 162 g/mol. The number of rotatable bonds is 1. The lowest BCUT2D eigenvalue weighted by molar-refractivity contribution is 0.0613. The fraction of sp³-hybridized carbons (Fsp3) is 0.200. The minimum Gasteiger partial charge on any atom is -0.314 e. The molecule has 0 amide bonds. The van der Waals surface area contributed by atoms with E-state index in [2.05, 4.69) is 0 Å². The number of aromatic nitrogens is 2. The molecule has 0 spiro atoms. The van der Waals surface area contributed by atoms with Crippen LogP contribution in [0.15, 0.2) is 21.9 Å². The minimum absolute atomic E-state index is 0.167. The van der Waals surface area contributed by atoms with Gasteiger partial charge in [-0.3, -0.25) is 4.79 Å². The van der Waals surface area contributed by atoms with Crippen molar-refractivity contribution in [1.29, 1.82) is 0 Å². The second kappa shape index (κ2) is 2.65. The van der Waals surface area contributed by atoms with E-state index < -0.39 is 17.8 Å². The van der Waals surface area contributed by atoms with Crippen molar-refractivity contribution in [3.05, 3.63) is 33.1 Å². The molecule has 1 heterocycles. The number of alkyl halides is 2. The Hall–Kier alpha value is -1.46. The Balaban J connectivity index is 3.45. The zero-order valence-electron chi connectivity index (χ0n) is 5.25. The molecule has 0 aliphatic rings. The molecule has 0 aromatic carbocycles. The van der Waals surface area contributed by atoms with Gasteiger partial charge in [-0.05, 0) is 0 Å². The highest BCUT2D eigenvalue weighted by Gasteiger charge is 2.09. The quantitative estimate of drug-likeness (QED) is 0.628. The van der Waals surface area contributed by atoms with Gasteiger partial charge in [0.2, 0.25) is 0 Å². The van der Waals surface area contributed by atoms with E-state index in [0.29, 0.717) is 0 Å². The van der Waals surface area contributed by atoms with Crippen LogP contribution in [0.1, 0.15) is 6.55 Å². The van der Waals surface area contributed by atoms with Crippen LogP contribution in [-0.2, 0) is 0 Å². The highest BCUT2D eigenvalue weighted by molar-refractivity contribution is 4.82. The molecule has 1 rings (SSSR count). The molecule has 1 aromatic rings. The van der Waals surface area contributed by atoms with E-state index in [1.54, 1.807) is 0 Å². The maximum Gasteiger partial charge on any atom is 0.332 e. The lowest BCUT2D eigenvalue weighted by atomic mass is 10.6. The molecular formula is C5H4F2N2O2. The first-order chi connectivity index (χ1) is 5.13. The molecule has 0 aliphatic heterocycles. The zero-order chi connectivity index (χ0) is 8.43. The fourth-order valence-corrected chi connectivity index (χ4v) is 0.619. The minimum atomic E-state index is -3.09. The molecule has 0 atom stereocenters. The van der Waals surface area contributed by atoms with Crippen LogP contribution in [0.4, 0.5) is 8.78 Å². The van der Waals surface area contributed by atoms with E-state index in [0.717, 1.165) is 12.3 Å². The number of hydrogen-bond acceptors (Lipinski definition) is 2. The van der Waals surface area contributed by atoms with Crippen molar-refractivity contribution in [3.8, 4) is 0 Å². The van der Waals surface area contributed by atoms with Crippen molar-refractivity contribution in [3.63, 3.8) is 0 Å². The third-order valence-electron chi connectivity index (χ3n) is 1.08. The van der Waals surface area contributed by atoms with Gasteiger partial charge in [0.05, 0.1) is 0 Å². The van der Waals surface area contributed by atoms with E-state index in [-0.39, 0.29) is 4.57 Å². The van der Waals surface area contributed by atoms with Crippen molar-refractivity contribution in [1.82, 2.24) is 9.55 Å². The van der Waals surface area contributed by atoms with Crippen molar-refractivity contribution >= 4 is 0 Å². The second-order valence-electron chi connectivity index (χ2n) is 1.77. The SMILES string of the molecule is O=c1cc[nH]c(=O)n1C(F)F. The van der Waals surface area contributed by atoms with Crippen LogP contribution in [0.25, 0.3) is 0 Å². The van der Waals surface area contributed by atoms with Crippen molar-refractivity contribution < 1.29 is 8.78 Å². The molecule has 0 unspecified atom stereocenters. The summed E-state index contributed by atoms with van der Waals surface area (Å²) in [7, 11) is 0. The molecular weight excluding hydrogens is 158 g/mol. The van der Waals surface area contributed by atoms with E-state index >= 15 is 0 Å². The smallest absolute Gasteiger partial charge is 0.314 e. The van der Waals surface area contributed by atoms with Crippen LogP contribution >= 0.6 is 0 Å². The largest absolute Gasteiger partial charge is 0.332 e. The average molecular weight is 162 g/mol. The van der Waals surface area contributed by atoms with Crippen LogP contribution in [0, 0.1) is 0 Å². The van der Waals surface area contributed by atoms with Crippen molar-refractivity contribution in [2.75, 3.05) is 0 Å². The van der Waals surface area contributed by atoms with Gasteiger partial charge in [-0.15, -0.1) is 0 Å². The number of nitrogens with one attached hydrogen (secondary N) is 1. The molecule has 60 valence electrons. The Morgan fingerprint density at radius 2 is 2.09 bits per heavy atom. The molecule has 4 nitrogen and oxygen atoms in total. The maximum absolute atomic E-state index is 11.8. The summed E-state index contributed by atoms with van der Waals surface area (Å²) in [5, 5.41) is 0. The molecule has 0 saturated carbocycles. The first kappa shape index (κ1) is 7.64. The summed E-state index contributed by atoms with van der Waals surface area (Å²) in [6.07, 6.45) is 1.02. The number of nitrogens with zero attached hydrogens (tertiary/aromatic N) is 1. The van der Waals surface area contributed by atoms with Gasteiger partial charge in [0.1, 0.15) is 0 Å². The number of aromatic amines is 1. The Labute approximate surface area is 59.1 Å². The molecule has 0 fully saturated rings. The highest BCUT2D eigenvalue weighted by Crippen LogP contribution is 2.00. The second-order valence-corrected chi connectivity index (χ2v) is 1.77. The van der Waals surface area contributed by atoms with Crippen LogP contribution in [0.2, 0.25) is 0 Å². The van der Waals surface area contributed by atoms with Gasteiger partial charge in [0, 0.05) is 12.3 Å². The predicted octanol–water partition coefficient (Wildman–Crippen LogP) is -0.0683. The molecule has 1 N–H and O–H groups in total. The lowest BCUT2D eigenvalue weighted by Crippen LogP contribution is -2.34. The molecule has 0 saturated heterocycles. The Morgan fingerprint density at radius 3 is 2.45 bits per heavy atom. The van der Waals surface area contributed by atoms with Gasteiger partial charge in [-0.2, -0.15) is 8.78 Å². The fourth-order valence-electron chi connectivity index (χ4n) is 0.619. The molecule has 1 aromatic heterocycles. The summed E-state index contributed by atoms with van der Waals surface area (Å²) in [5.41, 5.74) is -2.11. The summed E-state index contributed by atoms with van der Waals surface area (Å²) in [6, 6.07) is 0.855. The third-order valence-corrected chi connectivity index (χ3v) is 1.08. The predicted molar refractivity (Wildman–Crippen MR) is 32.6 cm³/mol. The van der Waals surface area contributed by atoms with E-state index in [1.807, 2.05) is 4.98 Å². The van der Waals surface area contributed by atoms with Gasteiger partial charge in [-0.25, -0.2) is 9.36 Å². The standard InChI is InChI=1S/C5H4F2N2O2/c6-4(7)9-3(10)1-2-8-5(9)11/h1-2,4H,(H,8,11). The van der Waals surface area contributed by atoms with Crippen LogP contribution in [-0.4, -0.2) is 9.55 Å². The van der Waals surface area contributed by atoms with Crippen molar-refractivity contribution in [2.24, 2.45) is 0 Å². The highest BCUT2D eigenvalue weighted by atomic mass is 19.3. The maximum atomic E-state index is 11.8. The first-order valence-electron chi connectivity index (χ1n) is 2.71. The van der Waals surface area contributed by atoms with E-state index in [1.165, 1.54) is 0 Å².